The number of rotatable bonds is 12. The maximum atomic E-state index is 10.3. The van der Waals surface area contributed by atoms with Gasteiger partial charge >= 0.3 is 0 Å². The second-order valence-electron chi connectivity index (χ2n) is 7.68. The minimum atomic E-state index is -0.169. The Morgan fingerprint density at radius 2 is 1.46 bits per heavy atom. The summed E-state index contributed by atoms with van der Waals surface area (Å²) in [4.78, 5) is 4.81. The first kappa shape index (κ1) is 21.5. The van der Waals surface area contributed by atoms with Crippen LogP contribution in [0.1, 0.15) is 64.7 Å². The number of halogens is 1. The molecule has 1 unspecified atom stereocenters. The zero-order chi connectivity index (χ0) is 18.6. The maximum absolute atomic E-state index is 10.3. The van der Waals surface area contributed by atoms with Gasteiger partial charge in [0.15, 0.2) is 0 Å². The molecular weight excluding hydrogens is 344 g/mol. The van der Waals surface area contributed by atoms with Crippen LogP contribution in [0.2, 0.25) is 5.02 Å². The molecule has 1 fully saturated rings. The lowest BCUT2D eigenvalue weighted by Crippen LogP contribution is -2.48. The Balaban J connectivity index is 1.52. The van der Waals surface area contributed by atoms with Gasteiger partial charge in [-0.25, -0.2) is 0 Å². The number of nitrogens with zero attached hydrogens (tertiary/aromatic N) is 2. The molecule has 1 saturated heterocycles. The van der Waals surface area contributed by atoms with Crippen molar-refractivity contribution in [3.63, 3.8) is 0 Å². The van der Waals surface area contributed by atoms with Crippen LogP contribution in [0.3, 0.4) is 0 Å². The first-order valence-electron chi connectivity index (χ1n) is 10.6. The molecule has 1 aliphatic heterocycles. The molecule has 0 bridgehead atoms. The lowest BCUT2D eigenvalue weighted by molar-refractivity contribution is 0.0996. The average molecular weight is 381 g/mol. The van der Waals surface area contributed by atoms with Crippen molar-refractivity contribution in [1.82, 2.24) is 4.90 Å². The number of hydrogen-bond acceptors (Lipinski definition) is 3. The third kappa shape index (κ3) is 8.28. The molecule has 1 aliphatic rings. The predicted molar refractivity (Wildman–Crippen MR) is 113 cm³/mol. The van der Waals surface area contributed by atoms with Crippen molar-refractivity contribution in [2.45, 2.75) is 70.8 Å². The first-order valence-corrected chi connectivity index (χ1v) is 11.0. The molecule has 1 aromatic rings. The van der Waals surface area contributed by atoms with Crippen molar-refractivity contribution < 1.29 is 5.11 Å². The summed E-state index contributed by atoms with van der Waals surface area (Å²) in [5.74, 6) is 0. The summed E-state index contributed by atoms with van der Waals surface area (Å²) in [6.07, 6.45) is 11.4. The summed E-state index contributed by atoms with van der Waals surface area (Å²) in [6, 6.07) is 8.10. The van der Waals surface area contributed by atoms with Gasteiger partial charge in [0, 0.05) is 43.4 Å². The lowest BCUT2D eigenvalue weighted by atomic mass is 10.1. The Labute approximate surface area is 165 Å². The van der Waals surface area contributed by atoms with E-state index in [0.717, 1.165) is 44.2 Å². The number of anilines is 1. The standard InChI is InChI=1S/C22H37ClN2O/c1-2-3-4-5-6-7-8-9-10-22(26)19-24-15-17-25(18-16-24)21-13-11-20(23)12-14-21/h11-14,22,26H,2-10,15-19H2,1H3. The predicted octanol–water partition coefficient (Wildman–Crippen LogP) is 5.35. The highest BCUT2D eigenvalue weighted by Gasteiger charge is 2.19. The van der Waals surface area contributed by atoms with Crippen molar-refractivity contribution in [3.05, 3.63) is 29.3 Å². The van der Waals surface area contributed by atoms with Gasteiger partial charge in [-0.05, 0) is 30.7 Å². The summed E-state index contributed by atoms with van der Waals surface area (Å²) < 4.78 is 0. The topological polar surface area (TPSA) is 26.7 Å². The van der Waals surface area contributed by atoms with Gasteiger partial charge in [-0.3, -0.25) is 4.90 Å². The van der Waals surface area contributed by atoms with Gasteiger partial charge < -0.3 is 10.0 Å². The van der Waals surface area contributed by atoms with Crippen LogP contribution in [0, 0.1) is 0 Å². The number of aliphatic hydroxyl groups is 1. The van der Waals surface area contributed by atoms with E-state index in [1.54, 1.807) is 0 Å². The Morgan fingerprint density at radius 3 is 2.08 bits per heavy atom. The van der Waals surface area contributed by atoms with Crippen molar-refractivity contribution >= 4 is 17.3 Å². The van der Waals surface area contributed by atoms with Crippen molar-refractivity contribution in [2.75, 3.05) is 37.6 Å². The molecule has 0 aromatic heterocycles. The molecule has 1 aromatic carbocycles. The van der Waals surface area contributed by atoms with E-state index >= 15 is 0 Å². The maximum Gasteiger partial charge on any atom is 0.0667 e. The smallest absolute Gasteiger partial charge is 0.0667 e. The van der Waals surface area contributed by atoms with Crippen LogP contribution in [0.25, 0.3) is 0 Å². The number of piperazine rings is 1. The van der Waals surface area contributed by atoms with E-state index in [4.69, 9.17) is 11.6 Å². The van der Waals surface area contributed by atoms with Gasteiger partial charge in [0.25, 0.3) is 0 Å². The fourth-order valence-electron chi connectivity index (χ4n) is 3.74. The molecule has 1 N–H and O–H groups in total. The van der Waals surface area contributed by atoms with E-state index in [1.165, 1.54) is 57.1 Å². The van der Waals surface area contributed by atoms with Gasteiger partial charge in [-0.2, -0.15) is 0 Å². The van der Waals surface area contributed by atoms with Gasteiger partial charge in [0.05, 0.1) is 6.10 Å². The second-order valence-corrected chi connectivity index (χ2v) is 8.12. The Kier molecular flexibility index (Phi) is 10.4. The molecular formula is C22H37ClN2O. The molecule has 3 nitrogen and oxygen atoms in total. The molecule has 0 spiro atoms. The molecule has 0 amide bonds. The Hall–Kier alpha value is -0.770. The third-order valence-electron chi connectivity index (χ3n) is 5.42. The molecule has 1 atom stereocenters. The highest BCUT2D eigenvalue weighted by Crippen LogP contribution is 2.19. The van der Waals surface area contributed by atoms with Gasteiger partial charge in [0.2, 0.25) is 0 Å². The molecule has 0 radical (unpaired) electrons. The Morgan fingerprint density at radius 1 is 0.885 bits per heavy atom. The van der Waals surface area contributed by atoms with E-state index in [2.05, 4.69) is 28.9 Å². The summed E-state index contributed by atoms with van der Waals surface area (Å²) in [5.41, 5.74) is 1.24. The van der Waals surface area contributed by atoms with Gasteiger partial charge in [0.1, 0.15) is 0 Å². The molecule has 0 aliphatic carbocycles. The summed E-state index contributed by atoms with van der Waals surface area (Å²) in [6.45, 7) is 7.18. The van der Waals surface area contributed by atoms with Crippen LogP contribution in [0.5, 0.6) is 0 Å². The molecule has 1 heterocycles. The molecule has 4 heteroatoms. The molecule has 0 saturated carbocycles. The molecule has 26 heavy (non-hydrogen) atoms. The number of unbranched alkanes of at least 4 members (excludes halogenated alkanes) is 7. The fraction of sp³-hybridized carbons (Fsp3) is 0.727. The number of benzene rings is 1. The lowest BCUT2D eigenvalue weighted by Gasteiger charge is -2.37. The van der Waals surface area contributed by atoms with Crippen LogP contribution in [-0.4, -0.2) is 48.8 Å². The number of β-amino-alcohol motifs (C(OH)–C–C–N with tert-alkyl or cyclic N) is 1. The third-order valence-corrected chi connectivity index (χ3v) is 5.68. The zero-order valence-corrected chi connectivity index (χ0v) is 17.3. The van der Waals surface area contributed by atoms with Crippen LogP contribution >= 0.6 is 11.6 Å². The van der Waals surface area contributed by atoms with Crippen LogP contribution in [0.4, 0.5) is 5.69 Å². The van der Waals surface area contributed by atoms with E-state index in [9.17, 15) is 5.11 Å². The van der Waals surface area contributed by atoms with Gasteiger partial charge in [-0.15, -0.1) is 0 Å². The largest absolute Gasteiger partial charge is 0.392 e. The van der Waals surface area contributed by atoms with Crippen molar-refractivity contribution in [1.29, 1.82) is 0 Å². The second kappa shape index (κ2) is 12.6. The summed E-state index contributed by atoms with van der Waals surface area (Å²) in [5, 5.41) is 11.1. The quantitative estimate of drug-likeness (QED) is 0.495. The SMILES string of the molecule is CCCCCCCCCCC(O)CN1CCN(c2ccc(Cl)cc2)CC1. The molecule has 148 valence electrons. The van der Waals surface area contributed by atoms with Gasteiger partial charge in [-0.1, -0.05) is 69.9 Å². The monoisotopic (exact) mass is 380 g/mol. The van der Waals surface area contributed by atoms with Crippen molar-refractivity contribution in [2.24, 2.45) is 0 Å². The van der Waals surface area contributed by atoms with Crippen LogP contribution in [0.15, 0.2) is 24.3 Å². The van der Waals surface area contributed by atoms with E-state index in [1.807, 2.05) is 12.1 Å². The van der Waals surface area contributed by atoms with E-state index in [0.29, 0.717) is 0 Å². The normalized spacial score (nSPS) is 16.8. The number of aliphatic hydroxyl groups excluding tert-OH is 1. The van der Waals surface area contributed by atoms with Crippen LogP contribution < -0.4 is 4.90 Å². The number of hydrogen-bond donors (Lipinski definition) is 1. The first-order chi connectivity index (χ1) is 12.7. The van der Waals surface area contributed by atoms with E-state index in [-0.39, 0.29) is 6.10 Å². The Bertz CT molecular complexity index is 472. The molecule has 2 rings (SSSR count). The highest BCUT2D eigenvalue weighted by molar-refractivity contribution is 6.30. The minimum absolute atomic E-state index is 0.169. The minimum Gasteiger partial charge on any atom is -0.392 e. The zero-order valence-electron chi connectivity index (χ0n) is 16.5. The fourth-order valence-corrected chi connectivity index (χ4v) is 3.87. The van der Waals surface area contributed by atoms with E-state index < -0.39 is 0 Å². The highest BCUT2D eigenvalue weighted by atomic mass is 35.5. The average Bonchev–Trinajstić information content (AvgIpc) is 2.65. The van der Waals surface area contributed by atoms with Crippen LogP contribution in [-0.2, 0) is 0 Å². The van der Waals surface area contributed by atoms with Crippen molar-refractivity contribution in [3.8, 4) is 0 Å². The summed E-state index contributed by atoms with van der Waals surface area (Å²) in [7, 11) is 0. The summed E-state index contributed by atoms with van der Waals surface area (Å²) >= 11 is 5.97.